The molecule has 77 heavy (non-hydrogen) atoms. The maximum Gasteiger partial charge on any atom is 0.311 e. The second-order valence-electron chi connectivity index (χ2n) is 27.3. The van der Waals surface area contributed by atoms with Crippen LogP contribution in [0.25, 0.3) is 4.85 Å². The third-order valence-corrected chi connectivity index (χ3v) is 25.7. The fraction of sp³-hybridized carbons (Fsp3) is 0.883. The molecule has 2 N–H and O–H groups in total. The quantitative estimate of drug-likeness (QED) is 0.0288. The lowest BCUT2D eigenvalue weighted by molar-refractivity contribution is -0.183. The van der Waals surface area contributed by atoms with E-state index in [4.69, 9.17) is 49.6 Å². The van der Waals surface area contributed by atoms with Crippen molar-refractivity contribution in [2.24, 2.45) is 22.5 Å². The van der Waals surface area contributed by atoms with E-state index in [-0.39, 0.29) is 97.0 Å². The average Bonchev–Trinajstić information content (AvgIpc) is 3.84. The number of alkyl halides is 1. The van der Waals surface area contributed by atoms with Crippen LogP contribution in [0.3, 0.4) is 0 Å². The normalized spacial score (nSPS) is 26.5. The number of esters is 2. The van der Waals surface area contributed by atoms with Crippen LogP contribution in [0.1, 0.15) is 203 Å². The molecule has 4 fully saturated rings. The molecule has 14 nitrogen and oxygen atoms in total. The highest BCUT2D eigenvalue weighted by atomic mass is 79.9. The van der Waals surface area contributed by atoms with Crippen LogP contribution in [0.15, 0.2) is 11.8 Å². The Hall–Kier alpha value is -2.02. The van der Waals surface area contributed by atoms with Crippen molar-refractivity contribution in [3.8, 4) is 0 Å². The maximum absolute atomic E-state index is 12.1. The highest BCUT2D eigenvalue weighted by Crippen LogP contribution is 2.48. The van der Waals surface area contributed by atoms with Crippen LogP contribution < -0.4 is 5.73 Å². The van der Waals surface area contributed by atoms with Gasteiger partial charge in [-0.1, -0.05) is 79.2 Å². The largest absolute Gasteiger partial charge is 0.465 e. The number of carbonyl (C=O) groups excluding carboxylic acids is 4. The van der Waals surface area contributed by atoms with Crippen LogP contribution >= 0.6 is 15.9 Å². The number of hydrogen-bond acceptors (Lipinski definition) is 13. The van der Waals surface area contributed by atoms with Crippen molar-refractivity contribution in [3.05, 3.63) is 23.2 Å². The first-order valence-electron chi connectivity index (χ1n) is 27.9. The lowest BCUT2D eigenvalue weighted by Gasteiger charge is -2.45. The molecule has 0 unspecified atom stereocenters. The molecule has 0 radical (unpaired) electrons. The number of Topliss-reactive ketones (excluding diaryl/α,β-unsaturated/α-hetero) is 1. The van der Waals surface area contributed by atoms with Crippen molar-refractivity contribution in [3.63, 3.8) is 0 Å². The Kier molecular flexibility index (Phi) is 30.6. The average molecular weight is 1190 g/mol. The zero-order valence-electron chi connectivity index (χ0n) is 50.5. The number of ether oxygens (including phenoxy) is 6. The number of nitrogens with zero attached hydrogens (tertiary/aromatic N) is 1. The topological polar surface area (TPSA) is 172 Å². The fourth-order valence-electron chi connectivity index (χ4n) is 9.02. The summed E-state index contributed by atoms with van der Waals surface area (Å²) in [6, 6.07) is -0.0412. The van der Waals surface area contributed by atoms with E-state index in [1.807, 2.05) is 48.5 Å². The number of nitrogens with two attached hydrogens (primary N) is 1. The van der Waals surface area contributed by atoms with Crippen molar-refractivity contribution in [2.75, 3.05) is 31.8 Å². The number of fused-ring (bicyclic) bond motifs is 2. The van der Waals surface area contributed by atoms with E-state index >= 15 is 0 Å². The van der Waals surface area contributed by atoms with Crippen LogP contribution in [0.5, 0.6) is 0 Å². The van der Waals surface area contributed by atoms with E-state index in [0.29, 0.717) is 37.5 Å². The van der Waals surface area contributed by atoms with Crippen LogP contribution in [0.4, 0.5) is 0 Å². The Bertz CT molecular complexity index is 1910. The third-order valence-electron chi connectivity index (χ3n) is 15.9. The third kappa shape index (κ3) is 24.2. The van der Waals surface area contributed by atoms with Gasteiger partial charge in [0.2, 0.25) is 6.04 Å². The van der Waals surface area contributed by atoms with Crippen molar-refractivity contribution < 1.29 is 56.5 Å². The summed E-state index contributed by atoms with van der Waals surface area (Å²) in [6.45, 7) is 50.1. The van der Waals surface area contributed by atoms with E-state index in [0.717, 1.165) is 77.0 Å². The van der Waals surface area contributed by atoms with Crippen LogP contribution in [-0.2, 0) is 56.5 Å². The van der Waals surface area contributed by atoms with Gasteiger partial charge in [-0.3, -0.25) is 19.2 Å². The van der Waals surface area contributed by atoms with Gasteiger partial charge in [-0.05, 0) is 161 Å². The molecule has 0 saturated carbocycles. The number of rotatable bonds is 21. The SMILES string of the molecule is C.C.CC(=O)/C=C(\N)[C@H](C)C[C@H]1CC[C@@H]2O[C@@H](CCCOC(=O)C(C)(C)C)C[C@]2(CO[Si](C)(C)C(C)(C)C)O1.CC(=O)CBr.[C-]#[N+][C@H](C)C[C@H]1CC[C@@H]2O[C@@H](CCCOC(=O)C(C)(C)C)C[C@]2(CO[Si](C)(C)C(C)(C)C)O1. The minimum absolute atomic E-state index is 0. The Labute approximate surface area is 480 Å². The minimum atomic E-state index is -1.99. The first-order chi connectivity index (χ1) is 34.2. The lowest BCUT2D eigenvalue weighted by atomic mass is 9.84. The van der Waals surface area contributed by atoms with Crippen LogP contribution in [0, 0.1) is 23.3 Å². The predicted octanol–water partition coefficient (Wildman–Crippen LogP) is 14.3. The molecule has 0 aromatic rings. The Morgan fingerprint density at radius 2 is 1.04 bits per heavy atom. The second kappa shape index (κ2) is 31.4. The molecule has 4 saturated heterocycles. The van der Waals surface area contributed by atoms with Gasteiger partial charge in [0, 0.05) is 31.9 Å². The smallest absolute Gasteiger partial charge is 0.311 e. The van der Waals surface area contributed by atoms with Crippen LogP contribution in [0.2, 0.25) is 36.3 Å². The summed E-state index contributed by atoms with van der Waals surface area (Å²) in [7, 11) is -3.93. The fourth-order valence-corrected chi connectivity index (χ4v) is 11.1. The summed E-state index contributed by atoms with van der Waals surface area (Å²) in [5.41, 5.74) is 4.87. The van der Waals surface area contributed by atoms with Gasteiger partial charge in [0.1, 0.15) is 17.0 Å². The number of allylic oxidation sites excluding steroid dienone is 2. The predicted molar refractivity (Wildman–Crippen MR) is 321 cm³/mol. The van der Waals surface area contributed by atoms with Gasteiger partial charge in [-0.15, -0.1) is 0 Å². The first-order valence-corrected chi connectivity index (χ1v) is 34.9. The van der Waals surface area contributed by atoms with E-state index in [1.54, 1.807) is 0 Å². The Morgan fingerprint density at radius 3 is 1.35 bits per heavy atom. The standard InChI is InChI=1S/C29H53NO6Si.C26H47NO5Si.C3H5BrO.2CH4/c1-20(24(30)17-21(2)31)16-22-13-14-25-29(36-22,19-34-37(9,10)28(6,7)8)18-23(35-25)12-11-15-33-26(32)27(3,4)5;1-19(27-8)16-20-13-14-22-26(32-20,18-30-33(9,10)25(5,6)7)17-21(31-22)12-11-15-29-23(28)24(2,3)4;1-3(5)2-4;;/h17,20,22-23,25H,11-16,18-19,30H2,1-10H3;19-22H,11-18H2,1-7,9-10H3;2H2,1H3;2*1H4/b24-17-;;;;/t20-,22-,23+,25+,29-;19-,20-,21+,22+,26-;;;/m11.../s1. The molecular weight excluding hydrogens is 1080 g/mol. The summed E-state index contributed by atoms with van der Waals surface area (Å²) in [5, 5.41) is 0.706. The highest BCUT2D eigenvalue weighted by molar-refractivity contribution is 9.09. The van der Waals surface area contributed by atoms with Crippen molar-refractivity contribution in [1.82, 2.24) is 0 Å². The molecule has 4 heterocycles. The van der Waals surface area contributed by atoms with Gasteiger partial charge in [-0.25, -0.2) is 6.57 Å². The van der Waals surface area contributed by atoms with Gasteiger partial charge in [-0.2, -0.15) is 0 Å². The van der Waals surface area contributed by atoms with E-state index < -0.39 is 38.7 Å². The first kappa shape index (κ1) is 75.0. The summed E-state index contributed by atoms with van der Waals surface area (Å²) >= 11 is 2.96. The van der Waals surface area contributed by atoms with Crippen molar-refractivity contribution in [2.45, 2.75) is 293 Å². The van der Waals surface area contributed by atoms with Crippen molar-refractivity contribution in [1.29, 1.82) is 0 Å². The summed E-state index contributed by atoms with van der Waals surface area (Å²) in [5.74, 6) is -0.146. The van der Waals surface area contributed by atoms with Gasteiger partial charge < -0.3 is 47.9 Å². The second-order valence-corrected chi connectivity index (χ2v) is 37.4. The zero-order valence-corrected chi connectivity index (χ0v) is 54.1. The van der Waals surface area contributed by atoms with Gasteiger partial charge >= 0.3 is 11.9 Å². The molecule has 4 aliphatic rings. The van der Waals surface area contributed by atoms with Crippen LogP contribution in [-0.4, -0.2) is 126 Å². The molecule has 0 aromatic heterocycles. The maximum atomic E-state index is 12.1. The molecule has 0 spiro atoms. The van der Waals surface area contributed by atoms with Gasteiger partial charge in [0.25, 0.3) is 0 Å². The monoisotopic (exact) mass is 1190 g/mol. The molecule has 17 heteroatoms. The molecule has 450 valence electrons. The molecule has 0 aromatic carbocycles. The molecule has 0 bridgehead atoms. The van der Waals surface area contributed by atoms with Gasteiger partial charge in [0.15, 0.2) is 22.4 Å². The molecule has 0 aliphatic carbocycles. The highest BCUT2D eigenvalue weighted by Gasteiger charge is 2.56. The molecular formula is C60H113BrN2O12Si2. The van der Waals surface area contributed by atoms with E-state index in [2.05, 4.69) is 95.4 Å². The van der Waals surface area contributed by atoms with E-state index in [1.165, 1.54) is 19.9 Å². The molecule has 4 rings (SSSR count). The summed E-state index contributed by atoms with van der Waals surface area (Å²) in [6.07, 6.45) is 11.6. The Morgan fingerprint density at radius 1 is 0.675 bits per heavy atom. The van der Waals surface area contributed by atoms with E-state index in [9.17, 15) is 19.2 Å². The van der Waals surface area contributed by atoms with Gasteiger partial charge in [0.05, 0.1) is 79.2 Å². The number of halogens is 1. The number of ketones is 2. The van der Waals surface area contributed by atoms with Crippen molar-refractivity contribution >= 4 is 56.1 Å². The lowest BCUT2D eigenvalue weighted by Crippen LogP contribution is -2.55. The minimum Gasteiger partial charge on any atom is -0.465 e. The molecule has 10 atom stereocenters. The number of hydrogen-bond donors (Lipinski definition) is 1. The number of carbonyl (C=O) groups is 4. The summed E-state index contributed by atoms with van der Waals surface area (Å²) < 4.78 is 50.9. The molecule has 0 amide bonds. The Balaban J connectivity index is 0.00000135. The zero-order chi connectivity index (χ0) is 57.6. The molecule has 4 aliphatic heterocycles. The summed E-state index contributed by atoms with van der Waals surface area (Å²) in [4.78, 5) is 49.0.